The molecule has 3 aliphatic rings. The Hall–Kier alpha value is -2.27. The van der Waals surface area contributed by atoms with Crippen molar-refractivity contribution in [2.45, 2.75) is 6.92 Å². The number of rotatable bonds is 2. The zero-order valence-electron chi connectivity index (χ0n) is 13.3. The van der Waals surface area contributed by atoms with Crippen LogP contribution in [0.3, 0.4) is 0 Å². The van der Waals surface area contributed by atoms with Gasteiger partial charge in [-0.2, -0.15) is 0 Å². The van der Waals surface area contributed by atoms with Crippen molar-refractivity contribution in [1.29, 1.82) is 0 Å². The van der Waals surface area contributed by atoms with E-state index in [1.807, 2.05) is 13.0 Å². The number of allylic oxidation sites excluding steroid dienone is 3. The summed E-state index contributed by atoms with van der Waals surface area (Å²) >= 11 is 0. The molecule has 3 aliphatic heterocycles. The van der Waals surface area contributed by atoms with E-state index in [1.165, 1.54) is 5.70 Å². The van der Waals surface area contributed by atoms with E-state index >= 15 is 0 Å². The first-order valence-electron chi connectivity index (χ1n) is 8.07. The molecule has 5 heteroatoms. The molecule has 0 spiro atoms. The third kappa shape index (κ3) is 2.61. The number of piperazine rings is 1. The Kier molecular flexibility index (Phi) is 3.58. The lowest BCUT2D eigenvalue weighted by molar-refractivity contribution is 0.00696. The van der Waals surface area contributed by atoms with Gasteiger partial charge in [-0.3, -0.25) is 5.01 Å². The van der Waals surface area contributed by atoms with Crippen LogP contribution in [0.1, 0.15) is 5.56 Å². The first kappa shape index (κ1) is 14.3. The van der Waals surface area contributed by atoms with Crippen LogP contribution >= 0.6 is 0 Å². The molecule has 1 saturated heterocycles. The Morgan fingerprint density at radius 2 is 1.87 bits per heavy atom. The van der Waals surface area contributed by atoms with Crippen molar-refractivity contribution in [3.63, 3.8) is 0 Å². The summed E-state index contributed by atoms with van der Waals surface area (Å²) in [6.45, 7) is 6.32. The quantitative estimate of drug-likeness (QED) is 0.832. The van der Waals surface area contributed by atoms with Gasteiger partial charge in [0, 0.05) is 38.6 Å². The second kappa shape index (κ2) is 5.74. The molecule has 4 rings (SSSR count). The highest BCUT2D eigenvalue weighted by atomic mass is 19.1. The number of hydrogen-bond donors (Lipinski definition) is 0. The number of hydrogen-bond acceptors (Lipinski definition) is 4. The molecule has 0 N–H and O–H groups in total. The maximum Gasteiger partial charge on any atom is 0.146 e. The van der Waals surface area contributed by atoms with E-state index in [9.17, 15) is 4.39 Å². The fourth-order valence-electron chi connectivity index (χ4n) is 3.46. The third-order valence-electron chi connectivity index (χ3n) is 4.68. The summed E-state index contributed by atoms with van der Waals surface area (Å²) in [7, 11) is 0. The van der Waals surface area contributed by atoms with Crippen molar-refractivity contribution in [1.82, 2.24) is 14.9 Å². The van der Waals surface area contributed by atoms with Crippen molar-refractivity contribution < 1.29 is 4.39 Å². The predicted molar refractivity (Wildman–Crippen MR) is 89.8 cm³/mol. The number of nitrogens with zero attached hydrogens (tertiary/aromatic N) is 4. The molecule has 23 heavy (non-hydrogen) atoms. The summed E-state index contributed by atoms with van der Waals surface area (Å²) in [5.41, 5.74) is 2.99. The Balaban J connectivity index is 1.43. The van der Waals surface area contributed by atoms with E-state index in [0.717, 1.165) is 44.1 Å². The summed E-state index contributed by atoms with van der Waals surface area (Å²) in [6.07, 6.45) is 10.5. The van der Waals surface area contributed by atoms with Gasteiger partial charge in [0.1, 0.15) is 12.5 Å². The van der Waals surface area contributed by atoms with Crippen LogP contribution in [0.2, 0.25) is 0 Å². The van der Waals surface area contributed by atoms with E-state index in [1.54, 1.807) is 12.1 Å². The molecule has 0 atom stereocenters. The molecule has 0 radical (unpaired) electrons. The molecule has 0 aromatic heterocycles. The minimum atomic E-state index is -0.117. The van der Waals surface area contributed by atoms with Crippen molar-refractivity contribution in [3.05, 3.63) is 65.9 Å². The van der Waals surface area contributed by atoms with E-state index < -0.39 is 0 Å². The first-order chi connectivity index (χ1) is 11.2. The summed E-state index contributed by atoms with van der Waals surface area (Å²) in [5, 5.41) is 4.61. The van der Waals surface area contributed by atoms with Crippen LogP contribution < -0.4 is 4.90 Å². The normalized spacial score (nSPS) is 21.0. The fourth-order valence-corrected chi connectivity index (χ4v) is 3.46. The summed E-state index contributed by atoms with van der Waals surface area (Å²) in [4.78, 5) is 4.39. The molecule has 0 unspecified atom stereocenters. The monoisotopic (exact) mass is 312 g/mol. The van der Waals surface area contributed by atoms with Crippen LogP contribution in [0.15, 0.2) is 54.5 Å². The minimum Gasteiger partial charge on any atom is -0.366 e. The van der Waals surface area contributed by atoms with Crippen LogP contribution in [0.4, 0.5) is 10.1 Å². The van der Waals surface area contributed by atoms with Gasteiger partial charge < -0.3 is 9.80 Å². The van der Waals surface area contributed by atoms with Crippen LogP contribution in [-0.2, 0) is 0 Å². The largest absolute Gasteiger partial charge is 0.366 e. The van der Waals surface area contributed by atoms with E-state index in [-0.39, 0.29) is 5.82 Å². The number of halogens is 1. The highest BCUT2D eigenvalue weighted by molar-refractivity contribution is 5.54. The van der Waals surface area contributed by atoms with E-state index in [4.69, 9.17) is 0 Å². The van der Waals surface area contributed by atoms with Gasteiger partial charge in [-0.25, -0.2) is 9.40 Å². The molecule has 4 nitrogen and oxygen atoms in total. The second-order valence-electron chi connectivity index (χ2n) is 6.15. The number of fused-ring (bicyclic) bond motifs is 1. The Morgan fingerprint density at radius 1 is 1.04 bits per heavy atom. The van der Waals surface area contributed by atoms with E-state index in [0.29, 0.717) is 0 Å². The van der Waals surface area contributed by atoms with Crippen LogP contribution in [0.25, 0.3) is 0 Å². The highest BCUT2D eigenvalue weighted by Gasteiger charge is 2.27. The highest BCUT2D eigenvalue weighted by Crippen LogP contribution is 2.27. The van der Waals surface area contributed by atoms with Crippen molar-refractivity contribution in [3.8, 4) is 0 Å². The molecular formula is C18H21FN4. The zero-order valence-corrected chi connectivity index (χ0v) is 13.3. The van der Waals surface area contributed by atoms with Gasteiger partial charge in [0.15, 0.2) is 0 Å². The number of benzene rings is 1. The van der Waals surface area contributed by atoms with Crippen LogP contribution in [-0.4, -0.2) is 47.8 Å². The molecule has 0 amide bonds. The Morgan fingerprint density at radius 3 is 2.61 bits per heavy atom. The van der Waals surface area contributed by atoms with Crippen LogP contribution in [0.5, 0.6) is 0 Å². The van der Waals surface area contributed by atoms with Crippen molar-refractivity contribution >= 4 is 5.69 Å². The fraction of sp³-hybridized carbons (Fsp3) is 0.333. The number of para-hydroxylation sites is 1. The van der Waals surface area contributed by atoms with Crippen molar-refractivity contribution in [2.75, 3.05) is 37.7 Å². The maximum atomic E-state index is 14.1. The Labute approximate surface area is 136 Å². The lowest BCUT2D eigenvalue weighted by Crippen LogP contribution is -2.52. The molecular weight excluding hydrogens is 291 g/mol. The van der Waals surface area contributed by atoms with Gasteiger partial charge in [-0.1, -0.05) is 18.2 Å². The molecule has 1 aromatic carbocycles. The summed E-state index contributed by atoms with van der Waals surface area (Å²) in [5.74, 6) is -0.117. The second-order valence-corrected chi connectivity index (χ2v) is 6.15. The molecule has 120 valence electrons. The minimum absolute atomic E-state index is 0.117. The first-order valence-corrected chi connectivity index (χ1v) is 8.07. The third-order valence-corrected chi connectivity index (χ3v) is 4.68. The Bertz CT molecular complexity index is 666. The SMILES string of the molecule is Cc1cccc(F)c1N1CCN(N2C=C3C=CC=CN3C2)CC1. The number of anilines is 1. The lowest BCUT2D eigenvalue weighted by atomic mass is 10.1. The zero-order chi connectivity index (χ0) is 15.8. The maximum absolute atomic E-state index is 14.1. The molecule has 0 bridgehead atoms. The number of hydrazine groups is 1. The van der Waals surface area contributed by atoms with Gasteiger partial charge in [0.05, 0.1) is 11.4 Å². The van der Waals surface area contributed by atoms with Gasteiger partial charge in [0.2, 0.25) is 0 Å². The van der Waals surface area contributed by atoms with Gasteiger partial charge in [-0.05, 0) is 30.7 Å². The molecule has 1 fully saturated rings. The average molecular weight is 312 g/mol. The lowest BCUT2D eigenvalue weighted by Gasteiger charge is -2.40. The average Bonchev–Trinajstić information content (AvgIpc) is 2.99. The topological polar surface area (TPSA) is 13.0 Å². The number of aryl methyl sites for hydroxylation is 1. The molecule has 0 saturated carbocycles. The smallest absolute Gasteiger partial charge is 0.146 e. The molecule has 0 aliphatic carbocycles. The summed E-state index contributed by atoms with van der Waals surface area (Å²) < 4.78 is 14.1. The molecule has 1 aromatic rings. The van der Waals surface area contributed by atoms with Crippen molar-refractivity contribution in [2.24, 2.45) is 0 Å². The van der Waals surface area contributed by atoms with Gasteiger partial charge in [0.25, 0.3) is 0 Å². The molecule has 3 heterocycles. The van der Waals surface area contributed by atoms with Gasteiger partial charge >= 0.3 is 0 Å². The van der Waals surface area contributed by atoms with Crippen LogP contribution in [0, 0.1) is 12.7 Å². The predicted octanol–water partition coefficient (Wildman–Crippen LogP) is 2.67. The summed E-state index contributed by atoms with van der Waals surface area (Å²) in [6, 6.07) is 5.31. The van der Waals surface area contributed by atoms with Gasteiger partial charge in [-0.15, -0.1) is 0 Å². The standard InChI is InChI=1S/C18H21FN4/c1-15-5-4-7-17(19)18(15)20-9-11-22(12-10-20)23-13-16-6-2-3-8-21(16)14-23/h2-8,13H,9-12,14H2,1H3. The van der Waals surface area contributed by atoms with E-state index in [2.05, 4.69) is 50.4 Å².